The van der Waals surface area contributed by atoms with Crippen LogP contribution < -0.4 is 10.1 Å². The largest absolute Gasteiger partial charge is 0.497 e. The molecule has 1 aliphatic rings. The number of nitrogens with zero attached hydrogens (tertiary/aromatic N) is 2. The van der Waals surface area contributed by atoms with Crippen LogP contribution in [0.25, 0.3) is 0 Å². The molecule has 0 aliphatic carbocycles. The molecule has 0 bridgehead atoms. The van der Waals surface area contributed by atoms with Gasteiger partial charge in [-0.15, -0.1) is 0 Å². The zero-order valence-electron chi connectivity index (χ0n) is 13.8. The first-order valence-corrected chi connectivity index (χ1v) is 7.97. The molecule has 5 nitrogen and oxygen atoms in total. The number of benzene rings is 1. The van der Waals surface area contributed by atoms with Crippen LogP contribution in [0.2, 0.25) is 0 Å². The van der Waals surface area contributed by atoms with Gasteiger partial charge in [-0.05, 0) is 24.7 Å². The van der Waals surface area contributed by atoms with Gasteiger partial charge in [0.15, 0.2) is 0 Å². The monoisotopic (exact) mass is 305 g/mol. The molecule has 0 aromatic heterocycles. The standard InChI is InChI=1S/C17H27N3O2/c1-4-17(21)18-13-16(20-11-9-19(2)10-12-20)14-5-7-15(22-3)8-6-14/h5-8,16H,4,9-13H2,1-3H3,(H,18,21). The summed E-state index contributed by atoms with van der Waals surface area (Å²) in [6.45, 7) is 6.71. The lowest BCUT2D eigenvalue weighted by atomic mass is 10.0. The second-order valence-electron chi connectivity index (χ2n) is 5.79. The maximum atomic E-state index is 11.6. The van der Waals surface area contributed by atoms with Crippen molar-refractivity contribution in [1.29, 1.82) is 0 Å². The number of hydrogen-bond acceptors (Lipinski definition) is 4. The number of piperazine rings is 1. The summed E-state index contributed by atoms with van der Waals surface area (Å²) in [6.07, 6.45) is 0.526. The molecule has 1 amide bonds. The Labute approximate surface area is 133 Å². The predicted molar refractivity (Wildman–Crippen MR) is 88.1 cm³/mol. The van der Waals surface area contributed by atoms with Gasteiger partial charge in [0, 0.05) is 39.1 Å². The average molecular weight is 305 g/mol. The fraction of sp³-hybridized carbons (Fsp3) is 0.588. The molecule has 1 N–H and O–H groups in total. The van der Waals surface area contributed by atoms with E-state index < -0.39 is 0 Å². The highest BCUT2D eigenvalue weighted by Crippen LogP contribution is 2.23. The van der Waals surface area contributed by atoms with Crippen LogP contribution in [0.5, 0.6) is 5.75 Å². The number of likely N-dealkylation sites (N-methyl/N-ethyl adjacent to an activating group) is 1. The van der Waals surface area contributed by atoms with Crippen LogP contribution in [-0.2, 0) is 4.79 Å². The SMILES string of the molecule is CCC(=O)NCC(c1ccc(OC)cc1)N1CCN(C)CC1. The second-order valence-corrected chi connectivity index (χ2v) is 5.79. The van der Waals surface area contributed by atoms with Crippen LogP contribution in [-0.4, -0.2) is 62.6 Å². The second kappa shape index (κ2) is 8.15. The summed E-state index contributed by atoms with van der Waals surface area (Å²) in [6, 6.07) is 8.38. The number of carbonyl (C=O) groups excluding carboxylic acids is 1. The molecule has 22 heavy (non-hydrogen) atoms. The molecule has 1 aliphatic heterocycles. The van der Waals surface area contributed by atoms with E-state index in [1.807, 2.05) is 19.1 Å². The minimum Gasteiger partial charge on any atom is -0.497 e. The van der Waals surface area contributed by atoms with Gasteiger partial charge in [0.05, 0.1) is 13.2 Å². The summed E-state index contributed by atoms with van der Waals surface area (Å²) in [7, 11) is 3.83. The highest BCUT2D eigenvalue weighted by Gasteiger charge is 2.24. The van der Waals surface area contributed by atoms with Crippen molar-refractivity contribution in [3.63, 3.8) is 0 Å². The lowest BCUT2D eigenvalue weighted by molar-refractivity contribution is -0.121. The summed E-state index contributed by atoms with van der Waals surface area (Å²) >= 11 is 0. The quantitative estimate of drug-likeness (QED) is 0.865. The highest BCUT2D eigenvalue weighted by atomic mass is 16.5. The number of nitrogens with one attached hydrogen (secondary N) is 1. The molecule has 122 valence electrons. The van der Waals surface area contributed by atoms with Gasteiger partial charge in [0.25, 0.3) is 0 Å². The lowest BCUT2D eigenvalue weighted by Crippen LogP contribution is -2.48. The molecule has 0 saturated carbocycles. The Hall–Kier alpha value is -1.59. The first-order valence-electron chi connectivity index (χ1n) is 7.97. The molecule has 2 rings (SSSR count). The van der Waals surface area contributed by atoms with Gasteiger partial charge in [-0.3, -0.25) is 9.69 Å². The number of methoxy groups -OCH3 is 1. The first kappa shape index (κ1) is 16.8. The Kier molecular flexibility index (Phi) is 6.21. The van der Waals surface area contributed by atoms with Crippen LogP contribution >= 0.6 is 0 Å². The molecule has 1 heterocycles. The molecular weight excluding hydrogens is 278 g/mol. The Morgan fingerprint density at radius 3 is 2.41 bits per heavy atom. The molecule has 1 saturated heterocycles. The summed E-state index contributed by atoms with van der Waals surface area (Å²) < 4.78 is 5.23. The van der Waals surface area contributed by atoms with Gasteiger partial charge in [-0.25, -0.2) is 0 Å². The van der Waals surface area contributed by atoms with Gasteiger partial charge in [-0.2, -0.15) is 0 Å². The first-order chi connectivity index (χ1) is 10.6. The Balaban J connectivity index is 2.10. The smallest absolute Gasteiger partial charge is 0.219 e. The molecule has 0 radical (unpaired) electrons. The van der Waals surface area contributed by atoms with Gasteiger partial charge in [-0.1, -0.05) is 19.1 Å². The van der Waals surface area contributed by atoms with E-state index in [0.29, 0.717) is 13.0 Å². The lowest BCUT2D eigenvalue weighted by Gasteiger charge is -2.38. The highest BCUT2D eigenvalue weighted by molar-refractivity contribution is 5.75. The topological polar surface area (TPSA) is 44.8 Å². The van der Waals surface area contributed by atoms with Crippen molar-refractivity contribution in [2.75, 3.05) is 46.9 Å². The van der Waals surface area contributed by atoms with Crippen molar-refractivity contribution in [2.45, 2.75) is 19.4 Å². The van der Waals surface area contributed by atoms with E-state index in [2.05, 4.69) is 34.3 Å². The Morgan fingerprint density at radius 2 is 1.86 bits per heavy atom. The van der Waals surface area contributed by atoms with E-state index in [1.165, 1.54) is 5.56 Å². The van der Waals surface area contributed by atoms with Crippen molar-refractivity contribution in [2.24, 2.45) is 0 Å². The zero-order valence-corrected chi connectivity index (χ0v) is 13.8. The van der Waals surface area contributed by atoms with Crippen molar-refractivity contribution in [3.8, 4) is 5.75 Å². The van der Waals surface area contributed by atoms with E-state index in [1.54, 1.807) is 7.11 Å². The van der Waals surface area contributed by atoms with Crippen molar-refractivity contribution < 1.29 is 9.53 Å². The van der Waals surface area contributed by atoms with Crippen LogP contribution in [0, 0.1) is 0 Å². The van der Waals surface area contributed by atoms with Gasteiger partial charge in [0.2, 0.25) is 5.91 Å². The van der Waals surface area contributed by atoms with Gasteiger partial charge < -0.3 is 15.0 Å². The molecule has 1 unspecified atom stereocenters. The van der Waals surface area contributed by atoms with Gasteiger partial charge in [0.1, 0.15) is 5.75 Å². The fourth-order valence-corrected chi connectivity index (χ4v) is 2.75. The molecule has 1 aromatic rings. The minimum atomic E-state index is 0.104. The molecule has 1 atom stereocenters. The normalized spacial score (nSPS) is 18.0. The summed E-state index contributed by atoms with van der Waals surface area (Å²) in [5, 5.41) is 3.04. The zero-order chi connectivity index (χ0) is 15.9. The van der Waals surface area contributed by atoms with E-state index >= 15 is 0 Å². The van der Waals surface area contributed by atoms with E-state index in [9.17, 15) is 4.79 Å². The molecular formula is C17H27N3O2. The fourth-order valence-electron chi connectivity index (χ4n) is 2.75. The number of hydrogen-bond donors (Lipinski definition) is 1. The summed E-state index contributed by atoms with van der Waals surface area (Å²) in [4.78, 5) is 16.4. The number of carbonyl (C=O) groups is 1. The van der Waals surface area contributed by atoms with Crippen LogP contribution in [0.15, 0.2) is 24.3 Å². The summed E-state index contributed by atoms with van der Waals surface area (Å²) in [5.41, 5.74) is 1.22. The third-order valence-electron chi connectivity index (χ3n) is 4.29. The van der Waals surface area contributed by atoms with E-state index in [4.69, 9.17) is 4.74 Å². The molecule has 0 spiro atoms. The molecule has 1 aromatic carbocycles. The van der Waals surface area contributed by atoms with Crippen LogP contribution in [0.1, 0.15) is 24.9 Å². The van der Waals surface area contributed by atoms with Crippen molar-refractivity contribution in [3.05, 3.63) is 29.8 Å². The van der Waals surface area contributed by atoms with Crippen LogP contribution in [0.3, 0.4) is 0 Å². The molecule has 5 heteroatoms. The van der Waals surface area contributed by atoms with Crippen molar-refractivity contribution >= 4 is 5.91 Å². The minimum absolute atomic E-state index is 0.104. The third-order valence-corrected chi connectivity index (χ3v) is 4.29. The van der Waals surface area contributed by atoms with E-state index in [0.717, 1.165) is 31.9 Å². The number of ether oxygens (including phenoxy) is 1. The third kappa shape index (κ3) is 4.45. The van der Waals surface area contributed by atoms with Crippen molar-refractivity contribution in [1.82, 2.24) is 15.1 Å². The van der Waals surface area contributed by atoms with Crippen LogP contribution in [0.4, 0.5) is 0 Å². The predicted octanol–water partition coefficient (Wildman–Crippen LogP) is 1.51. The van der Waals surface area contributed by atoms with Gasteiger partial charge >= 0.3 is 0 Å². The maximum Gasteiger partial charge on any atom is 0.219 e. The number of rotatable bonds is 6. The Morgan fingerprint density at radius 1 is 1.23 bits per heavy atom. The summed E-state index contributed by atoms with van der Waals surface area (Å²) in [5.74, 6) is 0.964. The van der Waals surface area contributed by atoms with E-state index in [-0.39, 0.29) is 11.9 Å². The average Bonchev–Trinajstić information content (AvgIpc) is 2.56. The Bertz CT molecular complexity index is 467. The molecule has 1 fully saturated rings. The maximum absolute atomic E-state index is 11.6. The number of amides is 1.